The minimum Gasteiger partial charge on any atom is -0.393 e. The minimum absolute atomic E-state index is 0.184. The van der Waals surface area contributed by atoms with Gasteiger partial charge in [0.15, 0.2) is 0 Å². The van der Waals surface area contributed by atoms with Gasteiger partial charge in [0.1, 0.15) is 0 Å². The highest BCUT2D eigenvalue weighted by Crippen LogP contribution is 2.46. The Morgan fingerprint density at radius 2 is 1.93 bits per heavy atom. The summed E-state index contributed by atoms with van der Waals surface area (Å²) in [4.78, 5) is 2.65. The lowest BCUT2D eigenvalue weighted by Crippen LogP contribution is -2.42. The molecule has 1 unspecified atom stereocenters. The Bertz CT molecular complexity index is 716. The second-order valence-corrected chi connectivity index (χ2v) is 9.94. The maximum absolute atomic E-state index is 10.2. The van der Waals surface area contributed by atoms with Crippen LogP contribution in [0.15, 0.2) is 29.6 Å². The highest BCUT2D eigenvalue weighted by molar-refractivity contribution is 7.17. The molecule has 0 spiro atoms. The third-order valence-electron chi connectivity index (χ3n) is 7.09. The lowest BCUT2D eigenvalue weighted by Gasteiger charge is -2.46. The first-order valence-electron chi connectivity index (χ1n) is 11.4. The molecule has 0 aliphatic carbocycles. The third-order valence-corrected chi connectivity index (χ3v) is 8.11. The summed E-state index contributed by atoms with van der Waals surface area (Å²) in [6.45, 7) is 10.1. The predicted molar refractivity (Wildman–Crippen MR) is 123 cm³/mol. The molecule has 1 saturated heterocycles. The maximum Gasteiger partial charge on any atom is 0.0517 e. The Balaban J connectivity index is 1.62. The Morgan fingerprint density at radius 3 is 2.61 bits per heavy atom. The van der Waals surface area contributed by atoms with E-state index < -0.39 is 0 Å². The summed E-state index contributed by atoms with van der Waals surface area (Å²) in [6.07, 6.45) is 9.79. The van der Waals surface area contributed by atoms with Crippen molar-refractivity contribution in [2.45, 2.75) is 84.8 Å². The normalized spacial score (nSPS) is 19.7. The van der Waals surface area contributed by atoms with Crippen molar-refractivity contribution in [3.8, 4) is 0 Å². The van der Waals surface area contributed by atoms with E-state index in [0.717, 1.165) is 18.9 Å². The van der Waals surface area contributed by atoms with E-state index in [0.29, 0.717) is 5.41 Å². The third kappa shape index (κ3) is 5.17. The first-order chi connectivity index (χ1) is 13.6. The molecule has 1 fully saturated rings. The quantitative estimate of drug-likeness (QED) is 0.439. The number of aliphatic hydroxyl groups is 1. The molecule has 1 aromatic carbocycles. The van der Waals surface area contributed by atoms with Gasteiger partial charge in [0.05, 0.1) is 6.10 Å². The van der Waals surface area contributed by atoms with Gasteiger partial charge in [-0.3, -0.25) is 4.90 Å². The zero-order valence-electron chi connectivity index (χ0n) is 18.1. The van der Waals surface area contributed by atoms with Gasteiger partial charge in [-0.2, -0.15) is 0 Å². The molecule has 2 nitrogen and oxygen atoms in total. The summed E-state index contributed by atoms with van der Waals surface area (Å²) in [5.41, 5.74) is 1.83. The van der Waals surface area contributed by atoms with Gasteiger partial charge in [-0.15, -0.1) is 11.3 Å². The predicted octanol–water partition coefficient (Wildman–Crippen LogP) is 6.86. The van der Waals surface area contributed by atoms with Gasteiger partial charge in [0, 0.05) is 11.2 Å². The number of hydrogen-bond acceptors (Lipinski definition) is 3. The van der Waals surface area contributed by atoms with Crippen molar-refractivity contribution in [1.82, 2.24) is 4.90 Å². The molecule has 1 aliphatic heterocycles. The molecule has 3 rings (SSSR count). The summed E-state index contributed by atoms with van der Waals surface area (Å²) < 4.78 is 1.41. The van der Waals surface area contributed by atoms with Crippen LogP contribution in [0.2, 0.25) is 0 Å². The number of aliphatic hydroxyl groups excluding tert-OH is 1. The molecule has 0 radical (unpaired) electrons. The molecule has 0 saturated carbocycles. The topological polar surface area (TPSA) is 23.5 Å². The zero-order chi connectivity index (χ0) is 20.0. The van der Waals surface area contributed by atoms with Gasteiger partial charge in [-0.1, -0.05) is 57.7 Å². The SMILES string of the molecule is CCCCCC(CC)(C[C@@H](C)O)C1CCN(Cc2csc3ccccc23)CC1. The number of benzene rings is 1. The molecular formula is C25H39NOS. The summed E-state index contributed by atoms with van der Waals surface area (Å²) in [6, 6.07) is 8.80. The maximum atomic E-state index is 10.2. The largest absolute Gasteiger partial charge is 0.393 e. The van der Waals surface area contributed by atoms with Gasteiger partial charge in [0.25, 0.3) is 0 Å². The van der Waals surface area contributed by atoms with Gasteiger partial charge in [-0.05, 0) is 79.4 Å². The van der Waals surface area contributed by atoms with Crippen molar-refractivity contribution in [3.05, 3.63) is 35.2 Å². The first kappa shape index (κ1) is 21.8. The van der Waals surface area contributed by atoms with E-state index >= 15 is 0 Å². The Labute approximate surface area is 176 Å². The van der Waals surface area contributed by atoms with Gasteiger partial charge in [-0.25, -0.2) is 0 Å². The molecule has 2 atom stereocenters. The van der Waals surface area contributed by atoms with Crippen molar-refractivity contribution < 1.29 is 5.11 Å². The van der Waals surface area contributed by atoms with Crippen LogP contribution in [-0.2, 0) is 6.54 Å². The van der Waals surface area contributed by atoms with E-state index in [2.05, 4.69) is 48.4 Å². The number of hydrogen-bond donors (Lipinski definition) is 1. The van der Waals surface area contributed by atoms with E-state index in [4.69, 9.17) is 0 Å². The number of thiophene rings is 1. The van der Waals surface area contributed by atoms with E-state index in [-0.39, 0.29) is 6.10 Å². The van der Waals surface area contributed by atoms with Crippen LogP contribution in [0.25, 0.3) is 10.1 Å². The number of fused-ring (bicyclic) bond motifs is 1. The number of rotatable bonds is 10. The summed E-state index contributed by atoms with van der Waals surface area (Å²) in [5, 5.41) is 14.0. The molecule has 2 aromatic rings. The molecule has 3 heteroatoms. The van der Waals surface area contributed by atoms with E-state index in [9.17, 15) is 5.11 Å². The number of nitrogens with zero attached hydrogens (tertiary/aromatic N) is 1. The van der Waals surface area contributed by atoms with Crippen LogP contribution in [0, 0.1) is 11.3 Å². The minimum atomic E-state index is -0.184. The second-order valence-electron chi connectivity index (χ2n) is 9.03. The Morgan fingerprint density at radius 1 is 1.18 bits per heavy atom. The Hall–Kier alpha value is -0.900. The molecule has 0 bridgehead atoms. The van der Waals surface area contributed by atoms with Crippen molar-refractivity contribution in [1.29, 1.82) is 0 Å². The van der Waals surface area contributed by atoms with Gasteiger partial charge < -0.3 is 5.11 Å². The van der Waals surface area contributed by atoms with E-state index in [1.807, 2.05) is 18.3 Å². The monoisotopic (exact) mass is 401 g/mol. The highest BCUT2D eigenvalue weighted by atomic mass is 32.1. The first-order valence-corrected chi connectivity index (χ1v) is 12.3. The number of piperidine rings is 1. The molecule has 0 amide bonds. The van der Waals surface area contributed by atoms with Crippen LogP contribution in [0.1, 0.15) is 77.7 Å². The fourth-order valence-corrected chi connectivity index (χ4v) is 6.45. The Kier molecular flexibility index (Phi) is 7.96. The summed E-state index contributed by atoms with van der Waals surface area (Å²) in [7, 11) is 0. The lowest BCUT2D eigenvalue weighted by atomic mass is 9.63. The van der Waals surface area contributed by atoms with E-state index in [1.165, 1.54) is 73.7 Å². The fraction of sp³-hybridized carbons (Fsp3) is 0.680. The molecular weight excluding hydrogens is 362 g/mol. The summed E-state index contributed by atoms with van der Waals surface area (Å²) >= 11 is 1.87. The summed E-state index contributed by atoms with van der Waals surface area (Å²) in [5.74, 6) is 0.763. The molecule has 2 heterocycles. The number of unbranched alkanes of at least 4 members (excludes halogenated alkanes) is 2. The van der Waals surface area contributed by atoms with Crippen molar-refractivity contribution in [2.24, 2.45) is 11.3 Å². The molecule has 28 heavy (non-hydrogen) atoms. The van der Waals surface area contributed by atoms with Gasteiger partial charge >= 0.3 is 0 Å². The van der Waals surface area contributed by atoms with Crippen molar-refractivity contribution in [3.63, 3.8) is 0 Å². The van der Waals surface area contributed by atoms with Gasteiger partial charge in [0.2, 0.25) is 0 Å². The van der Waals surface area contributed by atoms with Crippen LogP contribution >= 0.6 is 11.3 Å². The second kappa shape index (κ2) is 10.2. The fourth-order valence-electron chi connectivity index (χ4n) is 5.50. The zero-order valence-corrected chi connectivity index (χ0v) is 18.9. The molecule has 1 N–H and O–H groups in total. The smallest absolute Gasteiger partial charge is 0.0517 e. The van der Waals surface area contributed by atoms with E-state index in [1.54, 1.807) is 0 Å². The van der Waals surface area contributed by atoms with Crippen LogP contribution in [0.5, 0.6) is 0 Å². The molecule has 1 aromatic heterocycles. The average Bonchev–Trinajstić information content (AvgIpc) is 3.10. The van der Waals surface area contributed by atoms with Crippen LogP contribution in [0.3, 0.4) is 0 Å². The highest BCUT2D eigenvalue weighted by Gasteiger charge is 2.39. The van der Waals surface area contributed by atoms with Crippen molar-refractivity contribution >= 4 is 21.4 Å². The molecule has 156 valence electrons. The number of likely N-dealkylation sites (tertiary alicyclic amines) is 1. The standard InChI is InChI=1S/C25H39NOS/c1-4-6-9-14-25(5-2,17-20(3)27)22-12-15-26(16-13-22)18-21-19-28-24-11-8-7-10-23(21)24/h7-8,10-11,19-20,22,27H,4-6,9,12-18H2,1-3H3/t20-,25?/m1/s1. The lowest BCUT2D eigenvalue weighted by molar-refractivity contribution is 0.0139. The van der Waals surface area contributed by atoms with Crippen LogP contribution in [-0.4, -0.2) is 29.2 Å². The average molecular weight is 402 g/mol. The van der Waals surface area contributed by atoms with Crippen LogP contribution < -0.4 is 0 Å². The van der Waals surface area contributed by atoms with Crippen molar-refractivity contribution in [2.75, 3.05) is 13.1 Å². The molecule has 1 aliphatic rings. The van der Waals surface area contributed by atoms with Crippen LogP contribution in [0.4, 0.5) is 0 Å².